The zero-order valence-corrected chi connectivity index (χ0v) is 14.9. The molecule has 8 heteroatoms. The molecule has 0 aromatic rings. The zero-order chi connectivity index (χ0) is 17.2. The Morgan fingerprint density at radius 3 is 2.14 bits per heavy atom. The van der Waals surface area contributed by atoms with Gasteiger partial charge in [-0.3, -0.25) is 0 Å². The number of hydrogen-bond donors (Lipinski definition) is 0. The number of rotatable bonds is 3. The van der Waals surface area contributed by atoms with E-state index in [4.69, 9.17) is 9.47 Å². The summed E-state index contributed by atoms with van der Waals surface area (Å²) in [6, 6.07) is 0. The number of hydrogen-bond acceptors (Lipinski definition) is 3. The molecule has 0 aliphatic carbocycles. The van der Waals surface area contributed by atoms with Crippen LogP contribution in [0.4, 0.5) is 18.0 Å². The van der Waals surface area contributed by atoms with Crippen LogP contribution in [0.15, 0.2) is 0 Å². The van der Waals surface area contributed by atoms with Gasteiger partial charge in [-0.2, -0.15) is 13.2 Å². The van der Waals surface area contributed by atoms with Crippen molar-refractivity contribution in [2.24, 2.45) is 0 Å². The zero-order valence-electron chi connectivity index (χ0n) is 13.3. The summed E-state index contributed by atoms with van der Waals surface area (Å²) < 4.78 is 48.6. The molecule has 1 amide bonds. The Morgan fingerprint density at radius 1 is 1.27 bits per heavy atom. The van der Waals surface area contributed by atoms with Crippen LogP contribution < -0.4 is 0 Å². The first-order valence-electron chi connectivity index (χ1n) is 7.17. The fourth-order valence-electron chi connectivity index (χ4n) is 2.15. The van der Waals surface area contributed by atoms with Crippen LogP contribution in [-0.2, 0) is 9.47 Å². The van der Waals surface area contributed by atoms with Crippen LogP contribution >= 0.6 is 15.9 Å². The topological polar surface area (TPSA) is 38.8 Å². The van der Waals surface area contributed by atoms with Crippen LogP contribution in [0.25, 0.3) is 0 Å². The average molecular weight is 390 g/mol. The molecule has 1 atom stereocenters. The minimum Gasteiger partial charge on any atom is -0.444 e. The highest BCUT2D eigenvalue weighted by Crippen LogP contribution is 2.34. The molecular weight excluding hydrogens is 367 g/mol. The van der Waals surface area contributed by atoms with E-state index in [0.717, 1.165) is 6.92 Å². The first-order valence-corrected chi connectivity index (χ1v) is 8.29. The van der Waals surface area contributed by atoms with Gasteiger partial charge >= 0.3 is 12.3 Å². The van der Waals surface area contributed by atoms with Gasteiger partial charge in [0.25, 0.3) is 0 Å². The van der Waals surface area contributed by atoms with Crippen LogP contribution in [0.5, 0.6) is 0 Å². The Hall–Kier alpha value is -0.500. The summed E-state index contributed by atoms with van der Waals surface area (Å²) in [6.45, 7) is 6.93. The van der Waals surface area contributed by atoms with Crippen molar-refractivity contribution in [3.8, 4) is 0 Å². The van der Waals surface area contributed by atoms with Crippen LogP contribution in [0, 0.1) is 0 Å². The van der Waals surface area contributed by atoms with Gasteiger partial charge in [0, 0.05) is 18.4 Å². The Kier molecular flexibility index (Phi) is 6.17. The van der Waals surface area contributed by atoms with E-state index < -0.39 is 29.6 Å². The fourth-order valence-corrected chi connectivity index (χ4v) is 2.84. The Bertz CT molecular complexity index is 388. The lowest BCUT2D eigenvalue weighted by Crippen LogP contribution is -2.52. The van der Waals surface area contributed by atoms with Crippen molar-refractivity contribution in [2.45, 2.75) is 64.0 Å². The molecule has 0 bridgehead atoms. The highest BCUT2D eigenvalue weighted by Gasteiger charge is 2.45. The highest BCUT2D eigenvalue weighted by atomic mass is 79.9. The maximum atomic E-state index is 12.7. The third kappa shape index (κ3) is 5.61. The van der Waals surface area contributed by atoms with Crippen molar-refractivity contribution in [3.05, 3.63) is 0 Å². The number of carbonyl (C=O) groups excluding carboxylic acids is 1. The molecule has 130 valence electrons. The van der Waals surface area contributed by atoms with E-state index in [2.05, 4.69) is 15.9 Å². The molecule has 1 rings (SSSR count). The molecule has 0 radical (unpaired) electrons. The molecule has 1 aliphatic heterocycles. The van der Waals surface area contributed by atoms with Crippen LogP contribution in [-0.4, -0.2) is 52.9 Å². The third-order valence-corrected chi connectivity index (χ3v) is 4.48. The summed E-state index contributed by atoms with van der Waals surface area (Å²) in [5.41, 5.74) is -1.50. The van der Waals surface area contributed by atoms with Crippen molar-refractivity contribution in [1.29, 1.82) is 0 Å². The van der Waals surface area contributed by atoms with E-state index >= 15 is 0 Å². The number of halogens is 4. The number of nitrogens with zero attached hydrogens (tertiary/aromatic N) is 1. The monoisotopic (exact) mass is 389 g/mol. The van der Waals surface area contributed by atoms with Crippen LogP contribution in [0.2, 0.25) is 0 Å². The molecule has 22 heavy (non-hydrogen) atoms. The Morgan fingerprint density at radius 2 is 1.77 bits per heavy atom. The lowest BCUT2D eigenvalue weighted by atomic mass is 9.93. The van der Waals surface area contributed by atoms with Gasteiger partial charge in [-0.05, 0) is 40.5 Å². The second kappa shape index (κ2) is 6.95. The number of amides is 1. The van der Waals surface area contributed by atoms with Crippen molar-refractivity contribution in [3.63, 3.8) is 0 Å². The van der Waals surface area contributed by atoms with Crippen molar-refractivity contribution in [1.82, 2.24) is 4.90 Å². The largest absolute Gasteiger partial charge is 0.444 e. The fraction of sp³-hybridized carbons (Fsp3) is 0.929. The first-order chi connectivity index (χ1) is 9.88. The molecule has 1 aliphatic rings. The summed E-state index contributed by atoms with van der Waals surface area (Å²) in [5, 5.41) is 0.294. The van der Waals surface area contributed by atoms with E-state index in [1.54, 1.807) is 20.8 Å². The summed E-state index contributed by atoms with van der Waals surface area (Å²) in [4.78, 5) is 13.5. The van der Waals surface area contributed by atoms with Crippen molar-refractivity contribution >= 4 is 22.0 Å². The second-order valence-electron chi connectivity index (χ2n) is 6.59. The van der Waals surface area contributed by atoms with E-state index in [9.17, 15) is 18.0 Å². The molecule has 0 aromatic heterocycles. The lowest BCUT2D eigenvalue weighted by Gasteiger charge is -2.42. The summed E-state index contributed by atoms with van der Waals surface area (Å²) in [6.07, 6.45) is -6.01. The molecule has 0 spiro atoms. The van der Waals surface area contributed by atoms with E-state index in [-0.39, 0.29) is 0 Å². The molecule has 1 unspecified atom stereocenters. The Balaban J connectivity index is 2.62. The normalized spacial score (nSPS) is 20.6. The standard InChI is InChI=1S/C14H23BrF3NO3/c1-10(14(16,17)18)21-13(9-15)5-7-19(8-6-13)11(20)22-12(2,3)4/h10H,5-9H2,1-4H3. The average Bonchev–Trinajstić information content (AvgIpc) is 2.36. The molecule has 0 N–H and O–H groups in total. The molecule has 1 saturated heterocycles. The highest BCUT2D eigenvalue weighted by molar-refractivity contribution is 9.09. The second-order valence-corrected chi connectivity index (χ2v) is 7.15. The molecule has 4 nitrogen and oxygen atoms in total. The van der Waals surface area contributed by atoms with Crippen molar-refractivity contribution in [2.75, 3.05) is 18.4 Å². The predicted octanol–water partition coefficient (Wildman–Crippen LogP) is 4.12. The quantitative estimate of drug-likeness (QED) is 0.681. The maximum absolute atomic E-state index is 12.7. The molecule has 0 aromatic carbocycles. The number of ether oxygens (including phenoxy) is 2. The van der Waals surface area contributed by atoms with Gasteiger partial charge in [0.15, 0.2) is 6.10 Å². The van der Waals surface area contributed by atoms with Gasteiger partial charge in [0.2, 0.25) is 0 Å². The van der Waals surface area contributed by atoms with E-state index in [0.29, 0.717) is 31.3 Å². The van der Waals surface area contributed by atoms with Crippen molar-refractivity contribution < 1.29 is 27.4 Å². The van der Waals surface area contributed by atoms with E-state index in [1.807, 2.05) is 0 Å². The van der Waals surface area contributed by atoms with Crippen LogP contribution in [0.1, 0.15) is 40.5 Å². The van der Waals surface area contributed by atoms with Crippen LogP contribution in [0.3, 0.4) is 0 Å². The SMILES string of the molecule is CC(OC1(CBr)CCN(C(=O)OC(C)(C)C)CC1)C(F)(F)F. The van der Waals surface area contributed by atoms with E-state index in [1.165, 1.54) is 4.90 Å². The smallest absolute Gasteiger partial charge is 0.414 e. The van der Waals surface area contributed by atoms with Gasteiger partial charge in [0.1, 0.15) is 5.60 Å². The minimum atomic E-state index is -4.39. The van der Waals surface area contributed by atoms with Gasteiger partial charge in [0.05, 0.1) is 5.60 Å². The lowest BCUT2D eigenvalue weighted by molar-refractivity contribution is -0.248. The first kappa shape index (κ1) is 19.5. The number of alkyl halides is 4. The maximum Gasteiger partial charge on any atom is 0.414 e. The summed E-state index contributed by atoms with van der Waals surface area (Å²) >= 11 is 3.24. The van der Waals surface area contributed by atoms with Gasteiger partial charge < -0.3 is 14.4 Å². The predicted molar refractivity (Wildman–Crippen MR) is 80.2 cm³/mol. The summed E-state index contributed by atoms with van der Waals surface area (Å²) in [5.74, 6) is 0. The Labute approximate surface area is 137 Å². The molecule has 0 saturated carbocycles. The van der Waals surface area contributed by atoms with Gasteiger partial charge in [-0.1, -0.05) is 15.9 Å². The van der Waals surface area contributed by atoms with Gasteiger partial charge in [-0.25, -0.2) is 4.79 Å². The third-order valence-electron chi connectivity index (χ3n) is 3.46. The number of piperidine rings is 1. The summed E-state index contributed by atoms with van der Waals surface area (Å²) in [7, 11) is 0. The minimum absolute atomic E-state index is 0.294. The molecular formula is C14H23BrF3NO3. The molecule has 1 heterocycles. The number of likely N-dealkylation sites (tertiary alicyclic amines) is 1. The molecule has 1 fully saturated rings. The number of carbonyl (C=O) groups is 1. The van der Waals surface area contributed by atoms with Gasteiger partial charge in [-0.15, -0.1) is 0 Å².